The van der Waals surface area contributed by atoms with E-state index in [1.165, 1.54) is 28.6 Å². The molecule has 146 valence electrons. The van der Waals surface area contributed by atoms with E-state index in [9.17, 15) is 9.59 Å². The summed E-state index contributed by atoms with van der Waals surface area (Å²) in [6, 6.07) is 9.61. The number of nitrogens with zero attached hydrogens (tertiary/aromatic N) is 2. The molecule has 0 atom stereocenters. The highest BCUT2D eigenvalue weighted by Crippen LogP contribution is 2.35. The van der Waals surface area contributed by atoms with E-state index < -0.39 is 5.41 Å². The van der Waals surface area contributed by atoms with Gasteiger partial charge in [0.15, 0.2) is 5.16 Å². The maximum absolute atomic E-state index is 13.6. The number of aryl methyl sites for hydroxylation is 2. The van der Waals surface area contributed by atoms with Crippen molar-refractivity contribution in [1.82, 2.24) is 9.55 Å². The van der Waals surface area contributed by atoms with Crippen molar-refractivity contribution in [2.45, 2.75) is 51.6 Å². The molecule has 0 saturated heterocycles. The summed E-state index contributed by atoms with van der Waals surface area (Å²) in [5, 5.41) is 1.37. The molecule has 28 heavy (non-hydrogen) atoms. The first-order valence-corrected chi connectivity index (χ1v) is 11.5. The molecular formula is C22H24N2O2S2. The highest BCUT2D eigenvalue weighted by molar-refractivity contribution is 7.99. The van der Waals surface area contributed by atoms with E-state index in [1.54, 1.807) is 15.9 Å². The fourth-order valence-electron chi connectivity index (χ4n) is 3.43. The molecule has 0 amide bonds. The van der Waals surface area contributed by atoms with Crippen molar-refractivity contribution in [3.05, 3.63) is 51.1 Å². The molecule has 4 nitrogen and oxygen atoms in total. The number of hydrogen-bond donors (Lipinski definition) is 0. The molecule has 1 aliphatic carbocycles. The lowest BCUT2D eigenvalue weighted by molar-refractivity contribution is -0.123. The average Bonchev–Trinajstić information content (AvgIpc) is 3.04. The van der Waals surface area contributed by atoms with Gasteiger partial charge in [-0.3, -0.25) is 14.2 Å². The molecule has 0 unspecified atom stereocenters. The Bertz CT molecular complexity index is 1090. The molecule has 0 aliphatic heterocycles. The van der Waals surface area contributed by atoms with Gasteiger partial charge in [-0.1, -0.05) is 50.7 Å². The van der Waals surface area contributed by atoms with Crippen molar-refractivity contribution >= 4 is 39.1 Å². The summed E-state index contributed by atoms with van der Waals surface area (Å²) in [4.78, 5) is 33.0. The van der Waals surface area contributed by atoms with Crippen LogP contribution in [0.5, 0.6) is 0 Å². The topological polar surface area (TPSA) is 52.0 Å². The fourth-order valence-corrected chi connectivity index (χ4v) is 5.91. The third-order valence-corrected chi connectivity index (χ3v) is 7.27. The van der Waals surface area contributed by atoms with Crippen molar-refractivity contribution < 1.29 is 4.79 Å². The lowest BCUT2D eigenvalue weighted by atomic mass is 9.92. The minimum atomic E-state index is -0.406. The van der Waals surface area contributed by atoms with Gasteiger partial charge in [0.25, 0.3) is 5.56 Å². The summed E-state index contributed by atoms with van der Waals surface area (Å²) < 4.78 is 1.69. The molecule has 0 bridgehead atoms. The molecule has 2 aromatic heterocycles. The predicted octanol–water partition coefficient (Wildman–Crippen LogP) is 5.03. The summed E-state index contributed by atoms with van der Waals surface area (Å²) in [6.07, 6.45) is 4.29. The third-order valence-electron chi connectivity index (χ3n) is 5.14. The van der Waals surface area contributed by atoms with E-state index in [2.05, 4.69) is 0 Å². The van der Waals surface area contributed by atoms with Gasteiger partial charge in [0.2, 0.25) is 0 Å². The summed E-state index contributed by atoms with van der Waals surface area (Å²) in [5.41, 5.74) is 1.57. The van der Waals surface area contributed by atoms with Crippen molar-refractivity contribution in [2.24, 2.45) is 5.41 Å². The lowest BCUT2D eigenvalue weighted by Crippen LogP contribution is -2.25. The Balaban J connectivity index is 1.87. The van der Waals surface area contributed by atoms with Crippen molar-refractivity contribution in [2.75, 3.05) is 5.75 Å². The van der Waals surface area contributed by atoms with Crippen LogP contribution < -0.4 is 5.56 Å². The van der Waals surface area contributed by atoms with Gasteiger partial charge in [0.05, 0.1) is 16.8 Å². The largest absolute Gasteiger partial charge is 0.298 e. The second-order valence-corrected chi connectivity index (χ2v) is 10.2. The van der Waals surface area contributed by atoms with Crippen LogP contribution >= 0.6 is 23.1 Å². The zero-order chi connectivity index (χ0) is 19.9. The molecule has 0 N–H and O–H groups in total. The van der Waals surface area contributed by atoms with Crippen molar-refractivity contribution in [3.63, 3.8) is 0 Å². The van der Waals surface area contributed by atoms with Crippen LogP contribution in [0.2, 0.25) is 0 Å². The highest BCUT2D eigenvalue weighted by atomic mass is 32.2. The van der Waals surface area contributed by atoms with E-state index in [0.717, 1.165) is 35.2 Å². The van der Waals surface area contributed by atoms with Gasteiger partial charge in [-0.15, -0.1) is 11.3 Å². The average molecular weight is 413 g/mol. The molecule has 0 fully saturated rings. The van der Waals surface area contributed by atoms with Gasteiger partial charge in [-0.2, -0.15) is 0 Å². The maximum Gasteiger partial charge on any atom is 0.267 e. The summed E-state index contributed by atoms with van der Waals surface area (Å²) in [7, 11) is 0. The number of thiophene rings is 1. The predicted molar refractivity (Wildman–Crippen MR) is 117 cm³/mol. The minimum absolute atomic E-state index is 0.0127. The molecule has 0 saturated carbocycles. The second-order valence-electron chi connectivity index (χ2n) is 8.22. The van der Waals surface area contributed by atoms with E-state index in [0.29, 0.717) is 10.9 Å². The molecular weight excluding hydrogens is 388 g/mol. The first kappa shape index (κ1) is 19.4. The number of carbonyl (C=O) groups is 1. The molecule has 0 spiro atoms. The monoisotopic (exact) mass is 412 g/mol. The van der Waals surface area contributed by atoms with Gasteiger partial charge >= 0.3 is 0 Å². The van der Waals surface area contributed by atoms with Crippen LogP contribution in [0.15, 0.2) is 40.3 Å². The van der Waals surface area contributed by atoms with Crippen LogP contribution in [0.25, 0.3) is 15.9 Å². The fraction of sp³-hybridized carbons (Fsp3) is 0.409. The SMILES string of the molecule is CC(C)(C)C(=O)CSc1nc2sc3c(c2c(=O)n1-c1ccccc1)CCCC3. The van der Waals surface area contributed by atoms with Crippen LogP contribution in [-0.2, 0) is 17.6 Å². The number of para-hydroxylation sites is 1. The maximum atomic E-state index is 13.6. The molecule has 0 radical (unpaired) electrons. The number of benzene rings is 1. The zero-order valence-corrected chi connectivity index (χ0v) is 18.1. The zero-order valence-electron chi connectivity index (χ0n) is 16.4. The van der Waals surface area contributed by atoms with Gasteiger partial charge in [0.1, 0.15) is 10.6 Å². The number of carbonyl (C=O) groups excluding carboxylic acids is 1. The number of fused-ring (bicyclic) bond motifs is 3. The molecule has 1 aliphatic rings. The minimum Gasteiger partial charge on any atom is -0.298 e. The second kappa shape index (κ2) is 7.48. The number of hydrogen-bond acceptors (Lipinski definition) is 5. The Kier molecular flexibility index (Phi) is 5.19. The highest BCUT2D eigenvalue weighted by Gasteiger charge is 2.25. The molecule has 6 heteroatoms. The van der Waals surface area contributed by atoms with Gasteiger partial charge < -0.3 is 0 Å². The van der Waals surface area contributed by atoms with E-state index >= 15 is 0 Å². The molecule has 4 rings (SSSR count). The van der Waals surface area contributed by atoms with E-state index in [1.807, 2.05) is 51.1 Å². The Labute approximate surface area is 173 Å². The molecule has 3 aromatic rings. The number of rotatable bonds is 4. The van der Waals surface area contributed by atoms with Crippen molar-refractivity contribution in [3.8, 4) is 5.69 Å². The Morgan fingerprint density at radius 3 is 2.61 bits per heavy atom. The van der Waals surface area contributed by atoms with Gasteiger partial charge in [0, 0.05) is 10.3 Å². The van der Waals surface area contributed by atoms with E-state index in [-0.39, 0.29) is 11.3 Å². The van der Waals surface area contributed by atoms with Crippen LogP contribution in [0, 0.1) is 5.41 Å². The molecule has 1 aromatic carbocycles. The van der Waals surface area contributed by atoms with Crippen LogP contribution in [-0.4, -0.2) is 21.1 Å². The van der Waals surface area contributed by atoms with Crippen LogP contribution in [0.1, 0.15) is 44.1 Å². The first-order chi connectivity index (χ1) is 13.4. The standard InChI is InChI=1S/C22H24N2O2S2/c1-22(2,3)17(25)13-27-21-23-19-18(15-11-7-8-12-16(15)28-19)20(26)24(21)14-9-5-4-6-10-14/h4-6,9-10H,7-8,11-13H2,1-3H3. The van der Waals surface area contributed by atoms with Crippen LogP contribution in [0.3, 0.4) is 0 Å². The summed E-state index contributed by atoms with van der Waals surface area (Å²) >= 11 is 3.01. The van der Waals surface area contributed by atoms with Gasteiger partial charge in [-0.25, -0.2) is 4.98 Å². The Morgan fingerprint density at radius 1 is 1.18 bits per heavy atom. The number of thioether (sulfide) groups is 1. The normalized spacial score (nSPS) is 14.2. The smallest absolute Gasteiger partial charge is 0.267 e. The first-order valence-electron chi connectivity index (χ1n) is 9.65. The quantitative estimate of drug-likeness (QED) is 0.445. The number of Topliss-reactive ketones (excluding diaryl/α,β-unsaturated/α-hetero) is 1. The number of ketones is 1. The Hall–Kier alpha value is -1.92. The number of aromatic nitrogens is 2. The lowest BCUT2D eigenvalue weighted by Gasteiger charge is -2.17. The summed E-state index contributed by atoms with van der Waals surface area (Å²) in [5.74, 6) is 0.455. The van der Waals surface area contributed by atoms with Crippen molar-refractivity contribution in [1.29, 1.82) is 0 Å². The van der Waals surface area contributed by atoms with Gasteiger partial charge in [-0.05, 0) is 43.4 Å². The molecule has 2 heterocycles. The van der Waals surface area contributed by atoms with E-state index in [4.69, 9.17) is 4.98 Å². The summed E-state index contributed by atoms with van der Waals surface area (Å²) in [6.45, 7) is 5.76. The van der Waals surface area contributed by atoms with Crippen LogP contribution in [0.4, 0.5) is 0 Å². The third kappa shape index (κ3) is 3.55. The Morgan fingerprint density at radius 2 is 1.89 bits per heavy atom.